The number of hydrogen-bond acceptors (Lipinski definition) is 3. The average molecular weight is 284 g/mol. The Hall–Kier alpha value is -2.76. The molecule has 3 rings (SSSR count). The van der Waals surface area contributed by atoms with Gasteiger partial charge in [-0.1, -0.05) is 0 Å². The van der Waals surface area contributed by atoms with Gasteiger partial charge in [0.05, 0.1) is 16.9 Å². The van der Waals surface area contributed by atoms with Crippen LogP contribution in [0.15, 0.2) is 36.7 Å². The molecule has 0 bridgehead atoms. The van der Waals surface area contributed by atoms with E-state index in [9.17, 15) is 9.18 Å². The summed E-state index contributed by atoms with van der Waals surface area (Å²) in [4.78, 5) is 11.3. The van der Waals surface area contributed by atoms with Crippen LogP contribution >= 0.6 is 0 Å². The number of carbonyl (C=O) groups is 1. The Kier molecular flexibility index (Phi) is 3.13. The van der Waals surface area contributed by atoms with E-state index in [2.05, 4.69) is 10.2 Å². The number of aromatic nitrogens is 4. The number of nitrogens with zero attached hydrogens (tertiary/aromatic N) is 4. The predicted molar refractivity (Wildman–Crippen MR) is 75.8 cm³/mol. The van der Waals surface area contributed by atoms with Crippen LogP contribution in [-0.2, 0) is 7.05 Å². The SMILES string of the molecule is Cc1nn(C)cc1-c1nn(-c2ccc(F)cc2)cc1C=O. The molecule has 0 aliphatic carbocycles. The summed E-state index contributed by atoms with van der Waals surface area (Å²) in [5.41, 5.74) is 3.33. The molecule has 3 aromatic rings. The molecule has 0 fully saturated rings. The fraction of sp³-hybridized carbons (Fsp3) is 0.133. The quantitative estimate of drug-likeness (QED) is 0.694. The van der Waals surface area contributed by atoms with Gasteiger partial charge in [-0.25, -0.2) is 9.07 Å². The molecule has 106 valence electrons. The molecule has 0 unspecified atom stereocenters. The van der Waals surface area contributed by atoms with Crippen LogP contribution in [0.4, 0.5) is 4.39 Å². The standard InChI is InChI=1S/C15H13FN4O/c1-10-14(8-19(2)17-10)15-11(9-21)7-20(18-15)13-5-3-12(16)4-6-13/h3-9H,1-2H3. The molecule has 0 atom stereocenters. The molecule has 0 radical (unpaired) electrons. The van der Waals surface area contributed by atoms with E-state index in [-0.39, 0.29) is 5.82 Å². The third-order valence-electron chi connectivity index (χ3n) is 3.23. The summed E-state index contributed by atoms with van der Waals surface area (Å²) in [5, 5.41) is 8.69. The number of rotatable bonds is 3. The first kappa shape index (κ1) is 13.2. The van der Waals surface area contributed by atoms with Crippen molar-refractivity contribution in [2.24, 2.45) is 7.05 Å². The normalized spacial score (nSPS) is 10.8. The van der Waals surface area contributed by atoms with E-state index >= 15 is 0 Å². The van der Waals surface area contributed by atoms with Crippen molar-refractivity contribution < 1.29 is 9.18 Å². The van der Waals surface area contributed by atoms with Gasteiger partial charge in [-0.05, 0) is 31.2 Å². The first-order valence-corrected chi connectivity index (χ1v) is 6.40. The molecule has 0 aliphatic heterocycles. The lowest BCUT2D eigenvalue weighted by Crippen LogP contribution is -1.94. The highest BCUT2D eigenvalue weighted by molar-refractivity contribution is 5.86. The second-order valence-electron chi connectivity index (χ2n) is 4.77. The van der Waals surface area contributed by atoms with Gasteiger partial charge < -0.3 is 0 Å². The highest BCUT2D eigenvalue weighted by atomic mass is 19.1. The van der Waals surface area contributed by atoms with Gasteiger partial charge in [0.2, 0.25) is 0 Å². The fourth-order valence-corrected chi connectivity index (χ4v) is 2.24. The van der Waals surface area contributed by atoms with Crippen molar-refractivity contribution in [3.05, 3.63) is 53.7 Å². The van der Waals surface area contributed by atoms with Crippen LogP contribution < -0.4 is 0 Å². The zero-order valence-corrected chi connectivity index (χ0v) is 11.6. The van der Waals surface area contributed by atoms with Crippen molar-refractivity contribution in [3.8, 4) is 16.9 Å². The Balaban J connectivity index is 2.12. The summed E-state index contributed by atoms with van der Waals surface area (Å²) in [6.45, 7) is 1.86. The van der Waals surface area contributed by atoms with Crippen molar-refractivity contribution in [2.75, 3.05) is 0 Å². The van der Waals surface area contributed by atoms with E-state index in [1.165, 1.54) is 12.1 Å². The summed E-state index contributed by atoms with van der Waals surface area (Å²) in [5.74, 6) is -0.315. The minimum absolute atomic E-state index is 0.315. The van der Waals surface area contributed by atoms with E-state index in [1.54, 1.807) is 27.7 Å². The molecule has 0 spiro atoms. The molecule has 0 saturated carbocycles. The number of hydrogen-bond donors (Lipinski definition) is 0. The van der Waals surface area contributed by atoms with Gasteiger partial charge in [0.25, 0.3) is 0 Å². The molecule has 0 N–H and O–H groups in total. The maximum absolute atomic E-state index is 13.0. The molecule has 0 saturated heterocycles. The molecule has 5 nitrogen and oxygen atoms in total. The molecule has 2 aromatic heterocycles. The Morgan fingerprint density at radius 3 is 2.43 bits per heavy atom. The smallest absolute Gasteiger partial charge is 0.153 e. The number of benzene rings is 1. The highest BCUT2D eigenvalue weighted by Crippen LogP contribution is 2.25. The number of halogens is 1. The van der Waals surface area contributed by atoms with Crippen molar-refractivity contribution in [2.45, 2.75) is 6.92 Å². The maximum atomic E-state index is 13.0. The minimum atomic E-state index is -0.315. The predicted octanol–water partition coefficient (Wildman–Crippen LogP) is 2.53. The number of carbonyl (C=O) groups excluding carboxylic acids is 1. The lowest BCUT2D eigenvalue weighted by atomic mass is 10.1. The van der Waals surface area contributed by atoms with Gasteiger partial charge >= 0.3 is 0 Å². The average Bonchev–Trinajstić information content (AvgIpc) is 3.02. The largest absolute Gasteiger partial charge is 0.298 e. The van der Waals surface area contributed by atoms with Crippen LogP contribution in [0.1, 0.15) is 16.1 Å². The highest BCUT2D eigenvalue weighted by Gasteiger charge is 2.15. The monoisotopic (exact) mass is 284 g/mol. The zero-order valence-electron chi connectivity index (χ0n) is 11.6. The van der Waals surface area contributed by atoms with Crippen LogP contribution in [-0.4, -0.2) is 25.8 Å². The van der Waals surface area contributed by atoms with Crippen molar-refractivity contribution >= 4 is 6.29 Å². The van der Waals surface area contributed by atoms with E-state index in [1.807, 2.05) is 20.2 Å². The number of aryl methyl sites for hydroxylation is 2. The fourth-order valence-electron chi connectivity index (χ4n) is 2.24. The third kappa shape index (κ3) is 2.35. The first-order valence-electron chi connectivity index (χ1n) is 6.40. The summed E-state index contributed by atoms with van der Waals surface area (Å²) in [6, 6.07) is 5.92. The summed E-state index contributed by atoms with van der Waals surface area (Å²) in [6.07, 6.45) is 4.20. The summed E-state index contributed by atoms with van der Waals surface area (Å²) < 4.78 is 16.2. The second-order valence-corrected chi connectivity index (χ2v) is 4.77. The molecule has 0 aliphatic rings. The zero-order chi connectivity index (χ0) is 15.0. The molecule has 21 heavy (non-hydrogen) atoms. The van der Waals surface area contributed by atoms with Gasteiger partial charge in [0.1, 0.15) is 11.5 Å². The maximum Gasteiger partial charge on any atom is 0.153 e. The molecule has 2 heterocycles. The lowest BCUT2D eigenvalue weighted by molar-refractivity contribution is 0.112. The lowest BCUT2D eigenvalue weighted by Gasteiger charge is -2.00. The first-order chi connectivity index (χ1) is 10.1. The topological polar surface area (TPSA) is 52.7 Å². The summed E-state index contributed by atoms with van der Waals surface area (Å²) >= 11 is 0. The van der Waals surface area contributed by atoms with Crippen molar-refractivity contribution in [1.29, 1.82) is 0 Å². The molecule has 6 heteroatoms. The molecule has 1 aromatic carbocycles. The van der Waals surface area contributed by atoms with Crippen LogP contribution in [0.3, 0.4) is 0 Å². The van der Waals surface area contributed by atoms with Crippen molar-refractivity contribution in [1.82, 2.24) is 19.6 Å². The molecular weight excluding hydrogens is 271 g/mol. The Bertz CT molecular complexity index is 802. The Morgan fingerprint density at radius 2 is 1.86 bits per heavy atom. The Labute approximate surface area is 120 Å². The second kappa shape index (κ2) is 4.97. The van der Waals surface area contributed by atoms with E-state index < -0.39 is 0 Å². The van der Waals surface area contributed by atoms with Gasteiger partial charge in [-0.3, -0.25) is 9.48 Å². The van der Waals surface area contributed by atoms with Crippen LogP contribution in [0.2, 0.25) is 0 Å². The van der Waals surface area contributed by atoms with Crippen molar-refractivity contribution in [3.63, 3.8) is 0 Å². The number of aldehydes is 1. The van der Waals surface area contributed by atoms with E-state index in [0.717, 1.165) is 17.5 Å². The van der Waals surface area contributed by atoms with Gasteiger partial charge in [0.15, 0.2) is 6.29 Å². The minimum Gasteiger partial charge on any atom is -0.298 e. The van der Waals surface area contributed by atoms with Crippen LogP contribution in [0.25, 0.3) is 16.9 Å². The Morgan fingerprint density at radius 1 is 1.14 bits per heavy atom. The van der Waals surface area contributed by atoms with Gasteiger partial charge in [-0.15, -0.1) is 0 Å². The van der Waals surface area contributed by atoms with Crippen LogP contribution in [0, 0.1) is 12.7 Å². The molecular formula is C15H13FN4O. The van der Waals surface area contributed by atoms with E-state index in [0.29, 0.717) is 16.9 Å². The molecule has 0 amide bonds. The third-order valence-corrected chi connectivity index (χ3v) is 3.23. The summed E-state index contributed by atoms with van der Waals surface area (Å²) in [7, 11) is 1.81. The van der Waals surface area contributed by atoms with E-state index in [4.69, 9.17) is 0 Å². The van der Waals surface area contributed by atoms with Gasteiger partial charge in [0, 0.05) is 25.0 Å². The van der Waals surface area contributed by atoms with Crippen LogP contribution in [0.5, 0.6) is 0 Å². The van der Waals surface area contributed by atoms with Gasteiger partial charge in [-0.2, -0.15) is 10.2 Å².